The summed E-state index contributed by atoms with van der Waals surface area (Å²) in [5.74, 6) is 1.77. The Bertz CT molecular complexity index is 365. The van der Waals surface area contributed by atoms with Crippen molar-refractivity contribution in [3.8, 4) is 0 Å². The summed E-state index contributed by atoms with van der Waals surface area (Å²) in [6, 6.07) is 8.77. The maximum atomic E-state index is 5.79. The summed E-state index contributed by atoms with van der Waals surface area (Å²) in [5.41, 5.74) is 8.65. The van der Waals surface area contributed by atoms with Gasteiger partial charge in [0.15, 0.2) is 0 Å². The highest BCUT2D eigenvalue weighted by Crippen LogP contribution is 2.30. The van der Waals surface area contributed by atoms with Gasteiger partial charge in [0.1, 0.15) is 0 Å². The summed E-state index contributed by atoms with van der Waals surface area (Å²) in [7, 11) is 0. The summed E-state index contributed by atoms with van der Waals surface area (Å²) < 4.78 is 0. The zero-order chi connectivity index (χ0) is 12.3. The molecule has 0 bridgehead atoms. The Labute approximate surface area is 109 Å². The third kappa shape index (κ3) is 2.96. The van der Waals surface area contributed by atoms with Crippen LogP contribution >= 0.6 is 11.8 Å². The van der Waals surface area contributed by atoms with E-state index >= 15 is 0 Å². The number of rotatable bonds is 3. The highest BCUT2D eigenvalue weighted by Gasteiger charge is 2.21. The smallest absolute Gasteiger partial charge is 0.0402 e. The molecule has 2 nitrogen and oxygen atoms in total. The highest BCUT2D eigenvalue weighted by atomic mass is 32.2. The van der Waals surface area contributed by atoms with Crippen molar-refractivity contribution in [2.45, 2.75) is 25.0 Å². The Kier molecular flexibility index (Phi) is 4.35. The molecule has 1 unspecified atom stereocenters. The molecule has 0 aromatic heterocycles. The van der Waals surface area contributed by atoms with Gasteiger partial charge in [-0.05, 0) is 17.5 Å². The molecule has 17 heavy (non-hydrogen) atoms. The number of benzene rings is 1. The van der Waals surface area contributed by atoms with Crippen LogP contribution in [0.25, 0.3) is 0 Å². The van der Waals surface area contributed by atoms with Crippen LogP contribution in [0.15, 0.2) is 24.3 Å². The molecule has 1 aliphatic rings. The number of para-hydroxylation sites is 1. The fourth-order valence-corrected chi connectivity index (χ4v) is 3.43. The largest absolute Gasteiger partial charge is 0.369 e. The van der Waals surface area contributed by atoms with Crippen molar-refractivity contribution in [2.24, 2.45) is 5.73 Å². The maximum Gasteiger partial charge on any atom is 0.0402 e. The van der Waals surface area contributed by atoms with Crippen LogP contribution in [0.3, 0.4) is 0 Å². The average Bonchev–Trinajstić information content (AvgIpc) is 2.39. The van der Waals surface area contributed by atoms with E-state index in [-0.39, 0.29) is 0 Å². The number of thioether (sulfide) groups is 1. The number of nitrogens with zero attached hydrogens (tertiary/aromatic N) is 1. The second-order valence-corrected chi connectivity index (χ2v) is 6.30. The van der Waals surface area contributed by atoms with Crippen LogP contribution in [0, 0.1) is 0 Å². The zero-order valence-electron chi connectivity index (χ0n) is 10.7. The highest BCUT2D eigenvalue weighted by molar-refractivity contribution is 8.00. The van der Waals surface area contributed by atoms with Crippen LogP contribution in [0.1, 0.15) is 25.3 Å². The molecule has 2 N–H and O–H groups in total. The van der Waals surface area contributed by atoms with Gasteiger partial charge in [-0.25, -0.2) is 0 Å². The first kappa shape index (κ1) is 12.8. The van der Waals surface area contributed by atoms with E-state index in [4.69, 9.17) is 5.73 Å². The molecule has 1 aliphatic heterocycles. The third-order valence-electron chi connectivity index (χ3n) is 3.30. The third-order valence-corrected chi connectivity index (χ3v) is 4.53. The van der Waals surface area contributed by atoms with Crippen molar-refractivity contribution in [3.63, 3.8) is 0 Å². The lowest BCUT2D eigenvalue weighted by atomic mass is 10.0. The topological polar surface area (TPSA) is 29.3 Å². The van der Waals surface area contributed by atoms with Gasteiger partial charge >= 0.3 is 0 Å². The second-order valence-electron chi connectivity index (χ2n) is 4.89. The molecule has 0 aliphatic carbocycles. The van der Waals surface area contributed by atoms with Crippen molar-refractivity contribution in [1.82, 2.24) is 0 Å². The number of nitrogens with two attached hydrogens (primary N) is 1. The molecule has 1 heterocycles. The Hall–Kier alpha value is -0.670. The molecule has 0 saturated carbocycles. The normalized spacial score (nSPS) is 20.9. The molecule has 0 spiro atoms. The van der Waals surface area contributed by atoms with Gasteiger partial charge in [-0.3, -0.25) is 0 Å². The quantitative estimate of drug-likeness (QED) is 0.894. The van der Waals surface area contributed by atoms with Gasteiger partial charge in [0.2, 0.25) is 0 Å². The predicted octanol–water partition coefficient (Wildman–Crippen LogP) is 2.69. The Morgan fingerprint density at radius 3 is 2.88 bits per heavy atom. The van der Waals surface area contributed by atoms with E-state index in [1.807, 2.05) is 11.8 Å². The van der Waals surface area contributed by atoms with Crippen molar-refractivity contribution in [1.29, 1.82) is 0 Å². The molecule has 1 fully saturated rings. The lowest BCUT2D eigenvalue weighted by Gasteiger charge is -2.35. The molecule has 1 aromatic carbocycles. The molecule has 0 radical (unpaired) electrons. The van der Waals surface area contributed by atoms with E-state index in [1.54, 1.807) is 0 Å². The van der Waals surface area contributed by atoms with Crippen LogP contribution in [-0.4, -0.2) is 30.6 Å². The van der Waals surface area contributed by atoms with Gasteiger partial charge in [-0.2, -0.15) is 11.8 Å². The van der Waals surface area contributed by atoms with E-state index < -0.39 is 0 Å². The van der Waals surface area contributed by atoms with Crippen molar-refractivity contribution >= 4 is 17.4 Å². The Balaban J connectivity index is 2.21. The Morgan fingerprint density at radius 1 is 1.41 bits per heavy atom. The van der Waals surface area contributed by atoms with Crippen molar-refractivity contribution < 1.29 is 0 Å². The zero-order valence-corrected chi connectivity index (χ0v) is 11.5. The summed E-state index contributed by atoms with van der Waals surface area (Å²) in [6.07, 6.45) is 0. The minimum Gasteiger partial charge on any atom is -0.369 e. The van der Waals surface area contributed by atoms with Gasteiger partial charge in [-0.1, -0.05) is 32.0 Å². The van der Waals surface area contributed by atoms with Crippen LogP contribution in [0.5, 0.6) is 0 Å². The molecular formula is C14H22N2S. The Morgan fingerprint density at radius 2 is 2.18 bits per heavy atom. The molecule has 1 aromatic rings. The fraction of sp³-hybridized carbons (Fsp3) is 0.571. The van der Waals surface area contributed by atoms with Crippen LogP contribution in [-0.2, 0) is 0 Å². The van der Waals surface area contributed by atoms with Gasteiger partial charge in [-0.15, -0.1) is 0 Å². The van der Waals surface area contributed by atoms with Gasteiger partial charge in [0.05, 0.1) is 0 Å². The first-order valence-corrected chi connectivity index (χ1v) is 7.42. The standard InChI is InChI=1S/C14H22N2S/c1-11(2)13-5-3-4-6-14(13)16-7-8-17-12(9-15)10-16/h3-6,11-12H,7-10,15H2,1-2H3. The summed E-state index contributed by atoms with van der Waals surface area (Å²) in [4.78, 5) is 2.50. The minimum atomic E-state index is 0.581. The van der Waals surface area contributed by atoms with E-state index in [9.17, 15) is 0 Å². The fourth-order valence-electron chi connectivity index (χ4n) is 2.34. The number of hydrogen-bond acceptors (Lipinski definition) is 3. The molecule has 3 heteroatoms. The monoisotopic (exact) mass is 250 g/mol. The molecule has 2 rings (SSSR count). The second kappa shape index (κ2) is 5.78. The summed E-state index contributed by atoms with van der Waals surface area (Å²) in [6.45, 7) is 7.54. The first-order chi connectivity index (χ1) is 8.22. The lowest BCUT2D eigenvalue weighted by molar-refractivity contribution is 0.737. The van der Waals surface area contributed by atoms with Crippen molar-refractivity contribution in [3.05, 3.63) is 29.8 Å². The molecule has 1 saturated heterocycles. The number of hydrogen-bond donors (Lipinski definition) is 1. The van der Waals surface area contributed by atoms with Crippen LogP contribution < -0.4 is 10.6 Å². The van der Waals surface area contributed by atoms with E-state index in [2.05, 4.69) is 43.0 Å². The van der Waals surface area contributed by atoms with Gasteiger partial charge in [0, 0.05) is 36.3 Å². The minimum absolute atomic E-state index is 0.581. The average molecular weight is 250 g/mol. The SMILES string of the molecule is CC(C)c1ccccc1N1CCSC(CN)C1. The molecule has 0 amide bonds. The first-order valence-electron chi connectivity index (χ1n) is 6.38. The van der Waals surface area contributed by atoms with Crippen LogP contribution in [0.2, 0.25) is 0 Å². The predicted molar refractivity (Wildman–Crippen MR) is 78.0 cm³/mol. The van der Waals surface area contributed by atoms with E-state index in [1.165, 1.54) is 17.0 Å². The summed E-state index contributed by atoms with van der Waals surface area (Å²) in [5, 5.41) is 0.587. The van der Waals surface area contributed by atoms with Crippen molar-refractivity contribution in [2.75, 3.05) is 30.3 Å². The molecule has 1 atom stereocenters. The van der Waals surface area contributed by atoms with Gasteiger partial charge < -0.3 is 10.6 Å². The van der Waals surface area contributed by atoms with E-state index in [0.717, 1.165) is 19.6 Å². The maximum absolute atomic E-state index is 5.79. The summed E-state index contributed by atoms with van der Waals surface area (Å²) >= 11 is 2.01. The lowest BCUT2D eigenvalue weighted by Crippen LogP contribution is -2.41. The molecule has 94 valence electrons. The van der Waals surface area contributed by atoms with Crippen LogP contribution in [0.4, 0.5) is 5.69 Å². The van der Waals surface area contributed by atoms with Gasteiger partial charge in [0.25, 0.3) is 0 Å². The number of anilines is 1. The van der Waals surface area contributed by atoms with E-state index in [0.29, 0.717) is 11.2 Å². The molecular weight excluding hydrogens is 228 g/mol.